The van der Waals surface area contributed by atoms with Crippen LogP contribution in [-0.2, 0) is 16.4 Å². The van der Waals surface area contributed by atoms with E-state index in [1.807, 2.05) is 31.2 Å². The third-order valence-corrected chi connectivity index (χ3v) is 6.90. The fourth-order valence-corrected chi connectivity index (χ4v) is 4.75. The van der Waals surface area contributed by atoms with Gasteiger partial charge in [0.2, 0.25) is 10.0 Å². The fourth-order valence-electron chi connectivity index (χ4n) is 2.86. The Morgan fingerprint density at radius 3 is 2.73 bits per heavy atom. The van der Waals surface area contributed by atoms with Crippen LogP contribution >= 0.6 is 0 Å². The van der Waals surface area contributed by atoms with Crippen LogP contribution in [0.15, 0.2) is 24.3 Å². The first-order chi connectivity index (χ1) is 10.4. The number of hydrogen-bond acceptors (Lipinski definition) is 4. The van der Waals surface area contributed by atoms with E-state index in [4.69, 9.17) is 10.00 Å². The summed E-state index contributed by atoms with van der Waals surface area (Å²) in [5, 5.41) is 9.11. The minimum atomic E-state index is -3.46. The molecule has 0 radical (unpaired) electrons. The highest BCUT2D eigenvalue weighted by molar-refractivity contribution is 7.89. The first-order valence-electron chi connectivity index (χ1n) is 7.48. The van der Waals surface area contributed by atoms with Gasteiger partial charge in [0.15, 0.2) is 0 Å². The highest BCUT2D eigenvalue weighted by atomic mass is 32.2. The third-order valence-electron chi connectivity index (χ3n) is 4.77. The molecule has 0 amide bonds. The number of ether oxygens (including phenoxy) is 1. The molecular formula is C16H20N2O3S. The van der Waals surface area contributed by atoms with Gasteiger partial charge in [-0.2, -0.15) is 9.57 Å². The van der Waals surface area contributed by atoms with Crippen LogP contribution in [0.4, 0.5) is 0 Å². The van der Waals surface area contributed by atoms with Crippen LogP contribution in [0.5, 0.6) is 5.75 Å². The van der Waals surface area contributed by atoms with E-state index in [1.54, 1.807) is 7.05 Å². The molecule has 0 N–H and O–H groups in total. The smallest absolute Gasteiger partial charge is 0.215 e. The molecule has 0 spiro atoms. The van der Waals surface area contributed by atoms with E-state index < -0.39 is 15.4 Å². The number of nitriles is 1. The average molecular weight is 320 g/mol. The zero-order valence-electron chi connectivity index (χ0n) is 12.8. The molecule has 1 aromatic rings. The Balaban J connectivity index is 1.70. The highest BCUT2D eigenvalue weighted by Gasteiger charge is 2.48. The summed E-state index contributed by atoms with van der Waals surface area (Å²) in [6, 6.07) is 9.66. The van der Waals surface area contributed by atoms with Crippen LogP contribution < -0.4 is 4.74 Å². The van der Waals surface area contributed by atoms with Crippen LogP contribution in [0.25, 0.3) is 0 Å². The first kappa shape index (κ1) is 15.3. The molecule has 6 heteroatoms. The summed E-state index contributed by atoms with van der Waals surface area (Å²) >= 11 is 0. The van der Waals surface area contributed by atoms with Crippen molar-refractivity contribution < 1.29 is 13.2 Å². The van der Waals surface area contributed by atoms with Crippen molar-refractivity contribution in [3.63, 3.8) is 0 Å². The van der Waals surface area contributed by atoms with E-state index in [1.165, 1.54) is 4.31 Å². The van der Waals surface area contributed by atoms with E-state index in [2.05, 4.69) is 6.07 Å². The summed E-state index contributed by atoms with van der Waals surface area (Å²) in [6.45, 7) is 1.86. The van der Waals surface area contributed by atoms with Crippen molar-refractivity contribution in [1.82, 2.24) is 4.31 Å². The number of hydrogen-bond donors (Lipinski definition) is 0. The molecule has 0 unspecified atom stereocenters. The van der Waals surface area contributed by atoms with Crippen molar-refractivity contribution in [3.8, 4) is 11.8 Å². The van der Waals surface area contributed by atoms with Gasteiger partial charge in [-0.1, -0.05) is 18.2 Å². The van der Waals surface area contributed by atoms with Gasteiger partial charge >= 0.3 is 0 Å². The summed E-state index contributed by atoms with van der Waals surface area (Å²) < 4.78 is 32.3. The van der Waals surface area contributed by atoms with Gasteiger partial charge in [0.1, 0.15) is 11.9 Å². The Morgan fingerprint density at radius 2 is 2.14 bits per heavy atom. The quantitative estimate of drug-likeness (QED) is 0.831. The topological polar surface area (TPSA) is 70.4 Å². The molecule has 118 valence electrons. The third kappa shape index (κ3) is 2.71. The monoisotopic (exact) mass is 320 g/mol. The van der Waals surface area contributed by atoms with Gasteiger partial charge in [-0.15, -0.1) is 0 Å². The molecule has 5 nitrogen and oxygen atoms in total. The number of sulfonamides is 1. The van der Waals surface area contributed by atoms with Crippen LogP contribution in [0.2, 0.25) is 0 Å². The van der Waals surface area contributed by atoms with E-state index in [9.17, 15) is 8.42 Å². The Hall–Kier alpha value is -1.58. The predicted molar refractivity (Wildman–Crippen MR) is 82.9 cm³/mol. The SMILES string of the molecule is C[C@@H]([C@H]1Cc2ccccc2O1)N(C)S(=O)(=O)CC1(C#N)CC1. The molecule has 0 aromatic heterocycles. The maximum Gasteiger partial charge on any atom is 0.215 e. The van der Waals surface area contributed by atoms with Gasteiger partial charge < -0.3 is 4.74 Å². The van der Waals surface area contributed by atoms with E-state index >= 15 is 0 Å². The number of rotatable bonds is 5. The molecule has 1 fully saturated rings. The molecule has 2 atom stereocenters. The van der Waals surface area contributed by atoms with E-state index in [0.717, 1.165) is 11.3 Å². The molecule has 1 aliphatic carbocycles. The lowest BCUT2D eigenvalue weighted by Gasteiger charge is -2.29. The molecule has 0 saturated heterocycles. The summed E-state index contributed by atoms with van der Waals surface area (Å²) in [5.74, 6) is 0.748. The Morgan fingerprint density at radius 1 is 1.45 bits per heavy atom. The van der Waals surface area contributed by atoms with Gasteiger partial charge in [-0.25, -0.2) is 8.42 Å². The molecule has 1 aromatic carbocycles. The van der Waals surface area contributed by atoms with E-state index in [0.29, 0.717) is 19.3 Å². The second-order valence-electron chi connectivity index (χ2n) is 6.37. The molecule has 1 aliphatic heterocycles. The van der Waals surface area contributed by atoms with Crippen molar-refractivity contribution in [2.45, 2.75) is 38.3 Å². The minimum Gasteiger partial charge on any atom is -0.488 e. The number of fused-ring (bicyclic) bond motifs is 1. The predicted octanol–water partition coefficient (Wildman–Crippen LogP) is 1.94. The average Bonchev–Trinajstić information content (AvgIpc) is 3.12. The molecule has 1 saturated carbocycles. The molecular weight excluding hydrogens is 300 g/mol. The summed E-state index contributed by atoms with van der Waals surface area (Å²) in [7, 11) is -1.88. The summed E-state index contributed by atoms with van der Waals surface area (Å²) in [6.07, 6.45) is 1.88. The fraction of sp³-hybridized carbons (Fsp3) is 0.562. The van der Waals surface area contributed by atoms with Gasteiger partial charge in [0, 0.05) is 13.5 Å². The lowest BCUT2D eigenvalue weighted by Crippen LogP contribution is -2.46. The van der Waals surface area contributed by atoms with Crippen molar-refractivity contribution in [1.29, 1.82) is 5.26 Å². The Kier molecular flexibility index (Phi) is 3.66. The first-order valence-corrected chi connectivity index (χ1v) is 9.09. The van der Waals surface area contributed by atoms with Gasteiger partial charge in [0.25, 0.3) is 0 Å². The van der Waals surface area contributed by atoms with Crippen molar-refractivity contribution in [3.05, 3.63) is 29.8 Å². The number of nitrogens with zero attached hydrogens (tertiary/aromatic N) is 2. The van der Waals surface area contributed by atoms with Crippen molar-refractivity contribution in [2.75, 3.05) is 12.8 Å². The zero-order chi connectivity index (χ0) is 16.0. The number of para-hydroxylation sites is 1. The summed E-state index contributed by atoms with van der Waals surface area (Å²) in [4.78, 5) is 0. The lowest BCUT2D eigenvalue weighted by atomic mass is 10.1. The second kappa shape index (κ2) is 5.25. The van der Waals surface area contributed by atoms with Gasteiger partial charge in [0.05, 0.1) is 23.3 Å². The highest BCUT2D eigenvalue weighted by Crippen LogP contribution is 2.46. The Bertz CT molecular complexity index is 694. The van der Waals surface area contributed by atoms with Crippen LogP contribution in [-0.4, -0.2) is 37.7 Å². The van der Waals surface area contributed by atoms with E-state index in [-0.39, 0.29) is 17.9 Å². The van der Waals surface area contributed by atoms with Crippen molar-refractivity contribution >= 4 is 10.0 Å². The zero-order valence-corrected chi connectivity index (χ0v) is 13.6. The Labute approximate surface area is 131 Å². The number of likely N-dealkylation sites (N-methyl/N-ethyl adjacent to an activating group) is 1. The van der Waals surface area contributed by atoms with Gasteiger partial charge in [-0.3, -0.25) is 0 Å². The molecule has 0 bridgehead atoms. The van der Waals surface area contributed by atoms with Gasteiger partial charge in [-0.05, 0) is 31.4 Å². The lowest BCUT2D eigenvalue weighted by molar-refractivity contribution is 0.153. The van der Waals surface area contributed by atoms with Crippen LogP contribution in [0.3, 0.4) is 0 Å². The molecule has 3 rings (SSSR count). The second-order valence-corrected chi connectivity index (χ2v) is 8.40. The molecule has 2 aliphatic rings. The van der Waals surface area contributed by atoms with Crippen LogP contribution in [0, 0.1) is 16.7 Å². The largest absolute Gasteiger partial charge is 0.488 e. The molecule has 22 heavy (non-hydrogen) atoms. The minimum absolute atomic E-state index is 0.0863. The van der Waals surface area contributed by atoms with Crippen molar-refractivity contribution in [2.24, 2.45) is 5.41 Å². The standard InChI is InChI=1S/C16H20N2O3S/c1-12(15-9-13-5-3-4-6-14(13)21-15)18(2)22(19,20)11-16(10-17)7-8-16/h3-6,12,15H,7-9,11H2,1-2H3/t12-,15+/m0/s1. The molecule has 1 heterocycles. The maximum absolute atomic E-state index is 12.5. The number of benzene rings is 1. The van der Waals surface area contributed by atoms with Crippen LogP contribution in [0.1, 0.15) is 25.3 Å². The summed E-state index contributed by atoms with van der Waals surface area (Å²) in [5.41, 5.74) is 0.451. The normalized spacial score (nSPS) is 23.5. The maximum atomic E-state index is 12.5.